The van der Waals surface area contributed by atoms with Crippen molar-refractivity contribution < 1.29 is 9.59 Å². The first kappa shape index (κ1) is 20.4. The van der Waals surface area contributed by atoms with Gasteiger partial charge >= 0.3 is 6.03 Å². The van der Waals surface area contributed by atoms with Gasteiger partial charge in [-0.15, -0.1) is 0 Å². The van der Waals surface area contributed by atoms with E-state index >= 15 is 0 Å². The van der Waals surface area contributed by atoms with Crippen LogP contribution in [-0.4, -0.2) is 52.9 Å². The average molecular weight is 407 g/mol. The standard InChI is InChI=1S/C24H30N4O2/c1-17-11-18(2)13-20(12-17)26-24(30)28-15-21(19-7-6-8-25-14-19)22(16-28)23(29)27-9-4-3-5-10-27/h6-8,11-14,21-22H,3-5,9-10,15-16H2,1-2H3,(H,26,30). The molecule has 2 fully saturated rings. The molecule has 3 amide bonds. The Morgan fingerprint density at radius 2 is 1.73 bits per heavy atom. The molecular formula is C24H30N4O2. The first-order chi connectivity index (χ1) is 14.5. The Balaban J connectivity index is 1.53. The molecule has 6 heteroatoms. The third-order valence-electron chi connectivity index (χ3n) is 6.18. The van der Waals surface area contributed by atoms with Crippen LogP contribution >= 0.6 is 0 Å². The molecule has 2 unspecified atom stereocenters. The second-order valence-corrected chi connectivity index (χ2v) is 8.60. The number of rotatable bonds is 3. The molecule has 0 aliphatic carbocycles. The van der Waals surface area contributed by atoms with E-state index < -0.39 is 0 Å². The fourth-order valence-corrected chi connectivity index (χ4v) is 4.75. The van der Waals surface area contributed by atoms with Crippen molar-refractivity contribution in [3.8, 4) is 0 Å². The summed E-state index contributed by atoms with van der Waals surface area (Å²) in [7, 11) is 0. The van der Waals surface area contributed by atoms with Crippen molar-refractivity contribution in [1.82, 2.24) is 14.8 Å². The molecule has 2 atom stereocenters. The molecule has 1 aromatic heterocycles. The van der Waals surface area contributed by atoms with Crippen molar-refractivity contribution in [2.75, 3.05) is 31.5 Å². The SMILES string of the molecule is Cc1cc(C)cc(NC(=O)N2CC(C(=O)N3CCCCC3)C(c3cccnc3)C2)c1. The van der Waals surface area contributed by atoms with Crippen LogP contribution in [0.25, 0.3) is 0 Å². The van der Waals surface area contributed by atoms with Gasteiger partial charge < -0.3 is 15.1 Å². The van der Waals surface area contributed by atoms with Crippen LogP contribution < -0.4 is 5.32 Å². The highest BCUT2D eigenvalue weighted by Crippen LogP contribution is 2.34. The van der Waals surface area contributed by atoms with Crippen molar-refractivity contribution in [3.63, 3.8) is 0 Å². The van der Waals surface area contributed by atoms with Gasteiger partial charge in [-0.1, -0.05) is 12.1 Å². The van der Waals surface area contributed by atoms with E-state index in [2.05, 4.69) is 16.4 Å². The second-order valence-electron chi connectivity index (χ2n) is 8.60. The number of hydrogen-bond donors (Lipinski definition) is 1. The second kappa shape index (κ2) is 8.86. The number of carbonyl (C=O) groups is 2. The molecule has 1 aromatic carbocycles. The Labute approximate surface area is 178 Å². The number of piperidine rings is 1. The molecule has 2 aromatic rings. The van der Waals surface area contributed by atoms with Crippen molar-refractivity contribution >= 4 is 17.6 Å². The highest BCUT2D eigenvalue weighted by molar-refractivity contribution is 5.91. The summed E-state index contributed by atoms with van der Waals surface area (Å²) in [5.74, 6) is -0.0827. The Kier molecular flexibility index (Phi) is 6.02. The van der Waals surface area contributed by atoms with E-state index in [1.807, 2.05) is 49.2 Å². The van der Waals surface area contributed by atoms with E-state index in [1.165, 1.54) is 6.42 Å². The molecule has 0 spiro atoms. The Bertz CT molecular complexity index is 888. The first-order valence-electron chi connectivity index (χ1n) is 10.8. The number of benzene rings is 1. The lowest BCUT2D eigenvalue weighted by atomic mass is 9.88. The topological polar surface area (TPSA) is 65.5 Å². The molecule has 30 heavy (non-hydrogen) atoms. The zero-order valence-corrected chi connectivity index (χ0v) is 17.8. The highest BCUT2D eigenvalue weighted by Gasteiger charge is 2.42. The molecule has 158 valence electrons. The summed E-state index contributed by atoms with van der Waals surface area (Å²) < 4.78 is 0. The van der Waals surface area contributed by atoms with Gasteiger partial charge in [0.05, 0.1) is 5.92 Å². The number of likely N-dealkylation sites (tertiary alicyclic amines) is 2. The average Bonchev–Trinajstić information content (AvgIpc) is 3.19. The normalized spacial score (nSPS) is 21.5. The predicted octanol–water partition coefficient (Wildman–Crippen LogP) is 3.96. The van der Waals surface area contributed by atoms with Crippen molar-refractivity contribution in [1.29, 1.82) is 0 Å². The summed E-state index contributed by atoms with van der Waals surface area (Å²) in [6.07, 6.45) is 6.88. The Morgan fingerprint density at radius 1 is 1.00 bits per heavy atom. The van der Waals surface area contributed by atoms with Gasteiger partial charge in [-0.25, -0.2) is 4.79 Å². The highest BCUT2D eigenvalue weighted by atomic mass is 16.2. The van der Waals surface area contributed by atoms with Gasteiger partial charge in [0.25, 0.3) is 0 Å². The lowest BCUT2D eigenvalue weighted by Gasteiger charge is -2.30. The van der Waals surface area contributed by atoms with Gasteiger partial charge in [0.15, 0.2) is 0 Å². The minimum Gasteiger partial charge on any atom is -0.342 e. The summed E-state index contributed by atoms with van der Waals surface area (Å²) in [5.41, 5.74) is 4.03. The smallest absolute Gasteiger partial charge is 0.321 e. The largest absolute Gasteiger partial charge is 0.342 e. The van der Waals surface area contributed by atoms with Crippen LogP contribution in [0.1, 0.15) is 41.9 Å². The molecule has 1 N–H and O–H groups in total. The van der Waals surface area contributed by atoms with Crippen LogP contribution in [0.2, 0.25) is 0 Å². The van der Waals surface area contributed by atoms with E-state index in [-0.39, 0.29) is 23.8 Å². The molecule has 0 bridgehead atoms. The fraction of sp³-hybridized carbons (Fsp3) is 0.458. The molecule has 6 nitrogen and oxygen atoms in total. The van der Waals surface area contributed by atoms with E-state index in [4.69, 9.17) is 0 Å². The van der Waals surface area contributed by atoms with Crippen molar-refractivity contribution in [3.05, 3.63) is 59.4 Å². The molecule has 3 heterocycles. The van der Waals surface area contributed by atoms with Gasteiger partial charge in [0.1, 0.15) is 0 Å². The summed E-state index contributed by atoms with van der Waals surface area (Å²) >= 11 is 0. The molecule has 4 rings (SSSR count). The number of hydrogen-bond acceptors (Lipinski definition) is 3. The lowest BCUT2D eigenvalue weighted by Crippen LogP contribution is -2.42. The monoisotopic (exact) mass is 406 g/mol. The summed E-state index contributed by atoms with van der Waals surface area (Å²) in [5, 5.41) is 3.02. The Hall–Kier alpha value is -2.89. The maximum Gasteiger partial charge on any atom is 0.321 e. The van der Waals surface area contributed by atoms with Gasteiger partial charge in [0.2, 0.25) is 5.91 Å². The van der Waals surface area contributed by atoms with E-state index in [0.29, 0.717) is 13.1 Å². The number of pyridine rings is 1. The third-order valence-corrected chi connectivity index (χ3v) is 6.18. The van der Waals surface area contributed by atoms with Crippen LogP contribution in [0.5, 0.6) is 0 Å². The summed E-state index contributed by atoms with van der Waals surface area (Å²) in [4.78, 5) is 34.4. The fourth-order valence-electron chi connectivity index (χ4n) is 4.75. The van der Waals surface area contributed by atoms with Crippen LogP contribution in [0.15, 0.2) is 42.7 Å². The first-order valence-corrected chi connectivity index (χ1v) is 10.8. The molecule has 2 aliphatic heterocycles. The zero-order valence-electron chi connectivity index (χ0n) is 17.8. The van der Waals surface area contributed by atoms with Gasteiger partial charge in [0, 0.05) is 50.2 Å². The number of aromatic nitrogens is 1. The van der Waals surface area contributed by atoms with Gasteiger partial charge in [-0.05, 0) is 68.0 Å². The molecule has 2 saturated heterocycles. The maximum absolute atomic E-state index is 13.3. The number of nitrogens with zero attached hydrogens (tertiary/aromatic N) is 3. The quantitative estimate of drug-likeness (QED) is 0.839. The number of anilines is 1. The van der Waals surface area contributed by atoms with Crippen LogP contribution in [-0.2, 0) is 4.79 Å². The maximum atomic E-state index is 13.3. The Morgan fingerprint density at radius 3 is 2.40 bits per heavy atom. The van der Waals surface area contributed by atoms with Crippen LogP contribution in [0.4, 0.5) is 10.5 Å². The van der Waals surface area contributed by atoms with E-state index in [0.717, 1.165) is 48.3 Å². The van der Waals surface area contributed by atoms with Gasteiger partial charge in [-0.3, -0.25) is 9.78 Å². The predicted molar refractivity (Wildman–Crippen MR) is 117 cm³/mol. The number of carbonyl (C=O) groups excluding carboxylic acids is 2. The van der Waals surface area contributed by atoms with E-state index in [1.54, 1.807) is 11.1 Å². The number of amides is 3. The third kappa shape index (κ3) is 4.48. The van der Waals surface area contributed by atoms with Gasteiger partial charge in [-0.2, -0.15) is 0 Å². The zero-order chi connectivity index (χ0) is 21.1. The van der Waals surface area contributed by atoms with Crippen molar-refractivity contribution in [2.24, 2.45) is 5.92 Å². The minimum absolute atomic E-state index is 0.0295. The molecule has 0 radical (unpaired) electrons. The molecule has 0 saturated carbocycles. The molecule has 2 aliphatic rings. The van der Waals surface area contributed by atoms with Crippen molar-refractivity contribution in [2.45, 2.75) is 39.0 Å². The minimum atomic E-state index is -0.225. The summed E-state index contributed by atoms with van der Waals surface area (Å²) in [6, 6.07) is 9.78. The van der Waals surface area contributed by atoms with Crippen LogP contribution in [0, 0.1) is 19.8 Å². The number of nitrogens with one attached hydrogen (secondary N) is 1. The number of aryl methyl sites for hydroxylation is 2. The van der Waals surface area contributed by atoms with E-state index in [9.17, 15) is 9.59 Å². The molecular weight excluding hydrogens is 376 g/mol. The number of urea groups is 1. The van der Waals surface area contributed by atoms with Crippen LogP contribution in [0.3, 0.4) is 0 Å². The lowest BCUT2D eigenvalue weighted by molar-refractivity contribution is -0.136. The summed E-state index contributed by atoms with van der Waals surface area (Å²) in [6.45, 7) is 6.64.